The van der Waals surface area contributed by atoms with Gasteiger partial charge in [-0.05, 0) is 6.42 Å². The Balaban J connectivity index is 2.94. The maximum absolute atomic E-state index is 11.9. The van der Waals surface area contributed by atoms with E-state index in [2.05, 4.69) is 10.2 Å². The average Bonchev–Trinajstić information content (AvgIpc) is 2.66. The Morgan fingerprint density at radius 2 is 2.21 bits per heavy atom. The van der Waals surface area contributed by atoms with Crippen LogP contribution in [0.15, 0.2) is 17.3 Å². The smallest absolute Gasteiger partial charge is 0.246 e. The Morgan fingerprint density at radius 3 is 2.64 bits per heavy atom. The first kappa shape index (κ1) is 11.2. The molecular weight excluding hydrogens is 202 g/mol. The molecule has 0 spiro atoms. The minimum absolute atomic E-state index is 0.229. The lowest BCUT2D eigenvalue weighted by Crippen LogP contribution is -2.31. The van der Waals surface area contributed by atoms with Crippen LogP contribution in [0.25, 0.3) is 0 Å². The summed E-state index contributed by atoms with van der Waals surface area (Å²) < 4.78 is 25.2. The third kappa shape index (κ3) is 2.13. The molecule has 0 saturated carbocycles. The molecule has 80 valence electrons. The van der Waals surface area contributed by atoms with E-state index in [1.807, 2.05) is 13.8 Å². The van der Waals surface area contributed by atoms with Gasteiger partial charge in [0.1, 0.15) is 4.90 Å². The molecule has 0 atom stereocenters. The van der Waals surface area contributed by atoms with Crippen molar-refractivity contribution in [2.45, 2.75) is 25.2 Å². The van der Waals surface area contributed by atoms with E-state index < -0.39 is 10.0 Å². The van der Waals surface area contributed by atoms with Gasteiger partial charge in [0.15, 0.2) is 0 Å². The van der Waals surface area contributed by atoms with Gasteiger partial charge in [0, 0.05) is 19.3 Å². The molecule has 1 aromatic heterocycles. The van der Waals surface area contributed by atoms with Gasteiger partial charge in [-0.2, -0.15) is 9.40 Å². The number of hydrogen-bond acceptors (Lipinski definition) is 3. The molecule has 0 fully saturated rings. The zero-order chi connectivity index (χ0) is 10.6. The van der Waals surface area contributed by atoms with Crippen molar-refractivity contribution in [2.75, 3.05) is 13.1 Å². The molecule has 0 aliphatic heterocycles. The van der Waals surface area contributed by atoms with Crippen molar-refractivity contribution in [2.24, 2.45) is 0 Å². The number of H-pyrrole nitrogens is 1. The van der Waals surface area contributed by atoms with Crippen LogP contribution in [-0.2, 0) is 10.0 Å². The molecule has 0 bridgehead atoms. The molecule has 5 nitrogen and oxygen atoms in total. The van der Waals surface area contributed by atoms with Crippen molar-refractivity contribution in [3.63, 3.8) is 0 Å². The van der Waals surface area contributed by atoms with E-state index >= 15 is 0 Å². The Labute approximate surface area is 84.2 Å². The second-order valence-electron chi connectivity index (χ2n) is 2.93. The SMILES string of the molecule is CCCN(CC)S(=O)(=O)c1cn[nH]c1. The van der Waals surface area contributed by atoms with Crippen molar-refractivity contribution < 1.29 is 8.42 Å². The highest BCUT2D eigenvalue weighted by Gasteiger charge is 2.22. The lowest BCUT2D eigenvalue weighted by atomic mass is 10.5. The summed E-state index contributed by atoms with van der Waals surface area (Å²) in [5.41, 5.74) is 0. The van der Waals surface area contributed by atoms with Gasteiger partial charge in [0.2, 0.25) is 10.0 Å². The number of rotatable bonds is 5. The average molecular weight is 217 g/mol. The predicted molar refractivity (Wildman–Crippen MR) is 53.3 cm³/mol. The predicted octanol–water partition coefficient (Wildman–Crippen LogP) is 0.830. The van der Waals surface area contributed by atoms with Crippen molar-refractivity contribution in [1.29, 1.82) is 0 Å². The van der Waals surface area contributed by atoms with Crippen LogP contribution in [0.3, 0.4) is 0 Å². The van der Waals surface area contributed by atoms with E-state index in [-0.39, 0.29) is 4.90 Å². The van der Waals surface area contributed by atoms with Gasteiger partial charge < -0.3 is 0 Å². The van der Waals surface area contributed by atoms with Crippen LogP contribution in [0.4, 0.5) is 0 Å². The normalized spacial score (nSPS) is 12.2. The zero-order valence-corrected chi connectivity index (χ0v) is 9.21. The lowest BCUT2D eigenvalue weighted by Gasteiger charge is -2.18. The van der Waals surface area contributed by atoms with Crippen LogP contribution in [0.2, 0.25) is 0 Å². The summed E-state index contributed by atoms with van der Waals surface area (Å²) >= 11 is 0. The topological polar surface area (TPSA) is 66.1 Å². The quantitative estimate of drug-likeness (QED) is 0.794. The number of nitrogens with one attached hydrogen (secondary N) is 1. The van der Waals surface area contributed by atoms with Gasteiger partial charge in [-0.25, -0.2) is 8.42 Å². The first-order valence-corrected chi connectivity index (χ1v) is 6.05. The zero-order valence-electron chi connectivity index (χ0n) is 8.40. The van der Waals surface area contributed by atoms with Crippen molar-refractivity contribution >= 4 is 10.0 Å². The molecule has 1 heterocycles. The Hall–Kier alpha value is -0.880. The number of aromatic nitrogens is 2. The lowest BCUT2D eigenvalue weighted by molar-refractivity contribution is 0.427. The number of aromatic amines is 1. The maximum atomic E-state index is 11.9. The molecule has 0 radical (unpaired) electrons. The van der Waals surface area contributed by atoms with Crippen molar-refractivity contribution in [3.8, 4) is 0 Å². The molecule has 1 N–H and O–H groups in total. The number of nitrogens with zero attached hydrogens (tertiary/aromatic N) is 2. The highest BCUT2D eigenvalue weighted by Crippen LogP contribution is 2.13. The molecule has 0 aliphatic rings. The second-order valence-corrected chi connectivity index (χ2v) is 4.87. The van der Waals surface area contributed by atoms with E-state index in [9.17, 15) is 8.42 Å². The molecule has 0 amide bonds. The Morgan fingerprint density at radius 1 is 1.50 bits per heavy atom. The van der Waals surface area contributed by atoms with E-state index in [1.165, 1.54) is 16.7 Å². The second kappa shape index (κ2) is 4.56. The van der Waals surface area contributed by atoms with Gasteiger partial charge in [0.05, 0.1) is 6.20 Å². The van der Waals surface area contributed by atoms with Gasteiger partial charge in [-0.3, -0.25) is 5.10 Å². The summed E-state index contributed by atoms with van der Waals surface area (Å²) in [6.07, 6.45) is 3.53. The number of sulfonamides is 1. The molecule has 6 heteroatoms. The van der Waals surface area contributed by atoms with Crippen LogP contribution in [0.5, 0.6) is 0 Å². The number of hydrogen-bond donors (Lipinski definition) is 1. The standard InChI is InChI=1S/C8H15N3O2S/c1-3-5-11(4-2)14(12,13)8-6-9-10-7-8/h6-7H,3-5H2,1-2H3,(H,9,10). The van der Waals surface area contributed by atoms with Crippen LogP contribution in [0.1, 0.15) is 20.3 Å². The third-order valence-electron chi connectivity index (χ3n) is 1.94. The van der Waals surface area contributed by atoms with Crippen LogP contribution < -0.4 is 0 Å². The summed E-state index contributed by atoms with van der Waals surface area (Å²) in [7, 11) is -3.33. The Bertz CT molecular complexity index is 358. The fourth-order valence-corrected chi connectivity index (χ4v) is 2.68. The molecule has 0 unspecified atom stereocenters. The van der Waals surface area contributed by atoms with Gasteiger partial charge in [0.25, 0.3) is 0 Å². The molecule has 14 heavy (non-hydrogen) atoms. The molecule has 1 aromatic rings. The minimum atomic E-state index is -3.33. The largest absolute Gasteiger partial charge is 0.284 e. The molecular formula is C8H15N3O2S. The third-order valence-corrected chi connectivity index (χ3v) is 3.88. The highest BCUT2D eigenvalue weighted by atomic mass is 32.2. The van der Waals surface area contributed by atoms with E-state index in [1.54, 1.807) is 0 Å². The first-order chi connectivity index (χ1) is 6.62. The molecule has 0 aliphatic carbocycles. The van der Waals surface area contributed by atoms with Crippen LogP contribution in [0, 0.1) is 0 Å². The van der Waals surface area contributed by atoms with Crippen molar-refractivity contribution in [1.82, 2.24) is 14.5 Å². The van der Waals surface area contributed by atoms with Gasteiger partial charge in [-0.1, -0.05) is 13.8 Å². The van der Waals surface area contributed by atoms with Crippen LogP contribution in [-0.4, -0.2) is 36.0 Å². The first-order valence-electron chi connectivity index (χ1n) is 4.61. The monoisotopic (exact) mass is 217 g/mol. The van der Waals surface area contributed by atoms with Gasteiger partial charge >= 0.3 is 0 Å². The summed E-state index contributed by atoms with van der Waals surface area (Å²) in [6, 6.07) is 0. The molecule has 1 rings (SSSR count). The molecule has 0 saturated heterocycles. The molecule has 0 aromatic carbocycles. The summed E-state index contributed by atoms with van der Waals surface area (Å²) in [5, 5.41) is 6.14. The minimum Gasteiger partial charge on any atom is -0.284 e. The highest BCUT2D eigenvalue weighted by molar-refractivity contribution is 7.89. The van der Waals surface area contributed by atoms with Crippen LogP contribution >= 0.6 is 0 Å². The summed E-state index contributed by atoms with van der Waals surface area (Å²) in [5.74, 6) is 0. The summed E-state index contributed by atoms with van der Waals surface area (Å²) in [4.78, 5) is 0.229. The van der Waals surface area contributed by atoms with E-state index in [0.717, 1.165) is 6.42 Å². The summed E-state index contributed by atoms with van der Waals surface area (Å²) in [6.45, 7) is 4.81. The fraction of sp³-hybridized carbons (Fsp3) is 0.625. The van der Waals surface area contributed by atoms with E-state index in [0.29, 0.717) is 13.1 Å². The fourth-order valence-electron chi connectivity index (χ4n) is 1.23. The maximum Gasteiger partial charge on any atom is 0.246 e. The van der Waals surface area contributed by atoms with Gasteiger partial charge in [-0.15, -0.1) is 0 Å². The van der Waals surface area contributed by atoms with E-state index in [4.69, 9.17) is 0 Å². The van der Waals surface area contributed by atoms with Crippen molar-refractivity contribution in [3.05, 3.63) is 12.4 Å². The Kier molecular flexibility index (Phi) is 3.65.